The van der Waals surface area contributed by atoms with Crippen LogP contribution in [0.1, 0.15) is 5.56 Å². The fourth-order valence-corrected chi connectivity index (χ4v) is 4.89. The number of halogens is 1. The van der Waals surface area contributed by atoms with Gasteiger partial charge in [0.25, 0.3) is 5.56 Å². The number of nitrogens with zero attached hydrogens (tertiary/aromatic N) is 2. The molecule has 35 heavy (non-hydrogen) atoms. The minimum atomic E-state index is -0.437. The Balaban J connectivity index is 1.67. The van der Waals surface area contributed by atoms with Crippen LogP contribution in [0.5, 0.6) is 11.5 Å². The van der Waals surface area contributed by atoms with Crippen LogP contribution in [0.25, 0.3) is 27.8 Å². The lowest BCUT2D eigenvalue weighted by atomic mass is 10.1. The molecule has 0 saturated heterocycles. The first-order chi connectivity index (χ1) is 17.1. The first-order valence-corrected chi connectivity index (χ1v) is 11.9. The molecule has 0 radical (unpaired) electrons. The Morgan fingerprint density at radius 1 is 0.971 bits per heavy atom. The molecular formula is C27H22FN3O3S. The largest absolute Gasteiger partial charge is 0.495 e. The van der Waals surface area contributed by atoms with Crippen molar-refractivity contribution in [1.29, 1.82) is 0 Å². The van der Waals surface area contributed by atoms with Crippen molar-refractivity contribution in [3.05, 3.63) is 101 Å². The maximum Gasteiger partial charge on any atom is 0.283 e. The highest BCUT2D eigenvalue weighted by Crippen LogP contribution is 2.32. The van der Waals surface area contributed by atoms with Crippen LogP contribution in [0.4, 0.5) is 4.39 Å². The number of fused-ring (bicyclic) bond motifs is 1. The molecule has 2 aromatic heterocycles. The van der Waals surface area contributed by atoms with Crippen LogP contribution in [0.2, 0.25) is 0 Å². The summed E-state index contributed by atoms with van der Waals surface area (Å²) in [7, 11) is 2.99. The Morgan fingerprint density at radius 3 is 2.46 bits per heavy atom. The van der Waals surface area contributed by atoms with Crippen molar-refractivity contribution >= 4 is 22.8 Å². The minimum absolute atomic E-state index is 0.184. The highest BCUT2D eigenvalue weighted by Gasteiger charge is 2.20. The van der Waals surface area contributed by atoms with E-state index < -0.39 is 5.82 Å². The standard InChI is InChI=1S/C27H22FN3O3S/c1-33-22-13-12-17(14-20(22)28)16-35-27-30-24-19(18-8-4-3-5-9-18)15-29-25(24)26(32)31(27)21-10-6-7-11-23(21)34-2/h3-15,29H,16H2,1-2H3. The number of aromatic nitrogens is 3. The molecule has 0 fully saturated rings. The van der Waals surface area contributed by atoms with Crippen LogP contribution in [0, 0.1) is 5.82 Å². The third-order valence-electron chi connectivity index (χ3n) is 5.66. The van der Waals surface area contributed by atoms with Crippen LogP contribution in [-0.4, -0.2) is 28.8 Å². The molecule has 0 bridgehead atoms. The molecule has 5 rings (SSSR count). The van der Waals surface area contributed by atoms with Gasteiger partial charge in [-0.3, -0.25) is 4.79 Å². The van der Waals surface area contributed by atoms with Crippen LogP contribution in [0.15, 0.2) is 88.9 Å². The van der Waals surface area contributed by atoms with E-state index >= 15 is 0 Å². The lowest BCUT2D eigenvalue weighted by Gasteiger charge is -2.15. The predicted octanol–water partition coefficient (Wildman–Crippen LogP) is 5.83. The second-order valence-corrected chi connectivity index (χ2v) is 8.70. The quantitative estimate of drug-likeness (QED) is 0.231. The number of H-pyrrole nitrogens is 1. The molecule has 0 atom stereocenters. The van der Waals surface area contributed by atoms with E-state index in [1.165, 1.54) is 29.5 Å². The number of hydrogen-bond acceptors (Lipinski definition) is 5. The van der Waals surface area contributed by atoms with E-state index in [1.54, 1.807) is 31.5 Å². The highest BCUT2D eigenvalue weighted by molar-refractivity contribution is 7.98. The van der Waals surface area contributed by atoms with Crippen LogP contribution in [-0.2, 0) is 5.75 Å². The molecule has 5 aromatic rings. The summed E-state index contributed by atoms with van der Waals surface area (Å²) < 4.78 is 26.4. The summed E-state index contributed by atoms with van der Waals surface area (Å²) in [5.74, 6) is 0.694. The van der Waals surface area contributed by atoms with Crippen molar-refractivity contribution in [1.82, 2.24) is 14.5 Å². The van der Waals surface area contributed by atoms with Gasteiger partial charge < -0.3 is 14.5 Å². The zero-order valence-corrected chi connectivity index (χ0v) is 19.9. The van der Waals surface area contributed by atoms with Gasteiger partial charge in [-0.2, -0.15) is 0 Å². The molecule has 8 heteroatoms. The summed E-state index contributed by atoms with van der Waals surface area (Å²) in [5.41, 5.74) is 3.84. The van der Waals surface area contributed by atoms with E-state index in [9.17, 15) is 9.18 Å². The van der Waals surface area contributed by atoms with Crippen molar-refractivity contribution in [2.24, 2.45) is 0 Å². The maximum atomic E-state index is 14.3. The van der Waals surface area contributed by atoms with Gasteiger partial charge in [-0.1, -0.05) is 60.3 Å². The van der Waals surface area contributed by atoms with Crippen LogP contribution in [0.3, 0.4) is 0 Å². The topological polar surface area (TPSA) is 69.1 Å². The van der Waals surface area contributed by atoms with Gasteiger partial charge in [0.05, 0.1) is 19.9 Å². The fraction of sp³-hybridized carbons (Fsp3) is 0.111. The number of methoxy groups -OCH3 is 2. The van der Waals surface area contributed by atoms with Gasteiger partial charge in [0.1, 0.15) is 16.8 Å². The van der Waals surface area contributed by atoms with Gasteiger partial charge in [-0.15, -0.1) is 0 Å². The number of para-hydroxylation sites is 2. The number of nitrogens with one attached hydrogen (secondary N) is 1. The molecule has 0 spiro atoms. The smallest absolute Gasteiger partial charge is 0.283 e. The summed E-state index contributed by atoms with van der Waals surface area (Å²) in [6.07, 6.45) is 1.80. The number of thioether (sulfide) groups is 1. The Bertz CT molecular complexity index is 1560. The predicted molar refractivity (Wildman–Crippen MR) is 136 cm³/mol. The number of ether oxygens (including phenoxy) is 2. The van der Waals surface area contributed by atoms with E-state index in [2.05, 4.69) is 4.98 Å². The highest BCUT2D eigenvalue weighted by atomic mass is 32.2. The van der Waals surface area contributed by atoms with Gasteiger partial charge in [0.15, 0.2) is 16.7 Å². The summed E-state index contributed by atoms with van der Waals surface area (Å²) in [6.45, 7) is 0. The number of aromatic amines is 1. The molecule has 0 amide bonds. The molecule has 0 aliphatic carbocycles. The Morgan fingerprint density at radius 2 is 1.71 bits per heavy atom. The van der Waals surface area contributed by atoms with Gasteiger partial charge in [-0.05, 0) is 35.4 Å². The van der Waals surface area contributed by atoms with Crippen LogP contribution < -0.4 is 15.0 Å². The fourth-order valence-electron chi connectivity index (χ4n) is 3.95. The molecule has 0 aliphatic heterocycles. The van der Waals surface area contributed by atoms with E-state index in [1.807, 2.05) is 48.5 Å². The third kappa shape index (κ3) is 4.28. The molecule has 0 aliphatic rings. The molecule has 176 valence electrons. The van der Waals surface area contributed by atoms with Gasteiger partial charge in [-0.25, -0.2) is 13.9 Å². The molecule has 2 heterocycles. The lowest BCUT2D eigenvalue weighted by molar-refractivity contribution is 0.386. The Labute approximate surface area is 205 Å². The van der Waals surface area contributed by atoms with Gasteiger partial charge in [0.2, 0.25) is 0 Å². The van der Waals surface area contributed by atoms with E-state index in [4.69, 9.17) is 14.5 Å². The van der Waals surface area contributed by atoms with Crippen molar-refractivity contribution in [3.8, 4) is 28.3 Å². The Hall–Kier alpha value is -4.04. The normalized spacial score (nSPS) is 11.1. The molecule has 0 unspecified atom stereocenters. The zero-order chi connectivity index (χ0) is 24.4. The molecular weight excluding hydrogens is 465 g/mol. The molecule has 3 aromatic carbocycles. The summed E-state index contributed by atoms with van der Waals surface area (Å²) in [4.78, 5) is 21.8. The second-order valence-electron chi connectivity index (χ2n) is 7.76. The minimum Gasteiger partial charge on any atom is -0.495 e. The average Bonchev–Trinajstić information content (AvgIpc) is 3.32. The van der Waals surface area contributed by atoms with Crippen molar-refractivity contribution in [3.63, 3.8) is 0 Å². The SMILES string of the molecule is COc1ccc(CSc2nc3c(-c4ccccc4)c[nH]c3c(=O)n2-c2ccccc2OC)cc1F. The number of rotatable bonds is 7. The summed E-state index contributed by atoms with van der Waals surface area (Å²) in [6, 6.07) is 21.9. The Kier molecular flexibility index (Phi) is 6.29. The molecule has 1 N–H and O–H groups in total. The monoisotopic (exact) mass is 487 g/mol. The van der Waals surface area contributed by atoms with E-state index in [0.717, 1.165) is 16.7 Å². The van der Waals surface area contributed by atoms with Crippen molar-refractivity contribution in [2.45, 2.75) is 10.9 Å². The average molecular weight is 488 g/mol. The lowest BCUT2D eigenvalue weighted by Crippen LogP contribution is -2.22. The van der Waals surface area contributed by atoms with Gasteiger partial charge >= 0.3 is 0 Å². The van der Waals surface area contributed by atoms with Crippen molar-refractivity contribution in [2.75, 3.05) is 14.2 Å². The summed E-state index contributed by atoms with van der Waals surface area (Å²) >= 11 is 1.35. The molecule has 0 saturated carbocycles. The van der Waals surface area contributed by atoms with Gasteiger partial charge in [0, 0.05) is 17.5 Å². The van der Waals surface area contributed by atoms with Crippen molar-refractivity contribution < 1.29 is 13.9 Å². The van der Waals surface area contributed by atoms with Crippen LogP contribution >= 0.6 is 11.8 Å². The van der Waals surface area contributed by atoms with E-state index in [-0.39, 0.29) is 11.3 Å². The zero-order valence-electron chi connectivity index (χ0n) is 19.1. The molecule has 6 nitrogen and oxygen atoms in total. The first kappa shape index (κ1) is 22.7. The third-order valence-corrected chi connectivity index (χ3v) is 6.67. The summed E-state index contributed by atoms with van der Waals surface area (Å²) in [5, 5.41) is 0.472. The van der Waals surface area contributed by atoms with E-state index in [0.29, 0.717) is 33.4 Å². The maximum absolute atomic E-state index is 14.3. The number of benzene rings is 3. The first-order valence-electron chi connectivity index (χ1n) is 10.9. The second kappa shape index (κ2) is 9.68. The number of hydrogen-bond donors (Lipinski definition) is 1.